The smallest absolute Gasteiger partial charge is 0.191 e. The van der Waals surface area contributed by atoms with E-state index in [1.807, 2.05) is 6.07 Å². The van der Waals surface area contributed by atoms with Crippen molar-refractivity contribution in [2.75, 3.05) is 39.8 Å². The van der Waals surface area contributed by atoms with Gasteiger partial charge >= 0.3 is 0 Å². The molecule has 26 heavy (non-hydrogen) atoms. The SMILES string of the molecule is CCNC(=NCc1ccccc1OCC1CC1)NCC1CCN(C)C1.I. The second-order valence-corrected chi connectivity index (χ2v) is 7.36. The van der Waals surface area contributed by atoms with Crippen LogP contribution in [0.5, 0.6) is 5.75 Å². The number of guanidine groups is 1. The largest absolute Gasteiger partial charge is 0.493 e. The highest BCUT2D eigenvalue weighted by Crippen LogP contribution is 2.30. The van der Waals surface area contributed by atoms with Crippen LogP contribution in [0.2, 0.25) is 0 Å². The molecule has 2 aliphatic rings. The van der Waals surface area contributed by atoms with E-state index >= 15 is 0 Å². The Morgan fingerprint density at radius 1 is 1.19 bits per heavy atom. The van der Waals surface area contributed by atoms with Gasteiger partial charge in [-0.05, 0) is 57.7 Å². The maximum atomic E-state index is 5.99. The van der Waals surface area contributed by atoms with Gasteiger partial charge in [0.15, 0.2) is 5.96 Å². The van der Waals surface area contributed by atoms with Gasteiger partial charge in [0.2, 0.25) is 0 Å². The molecule has 1 aliphatic heterocycles. The summed E-state index contributed by atoms with van der Waals surface area (Å²) in [5.74, 6) is 3.35. The van der Waals surface area contributed by atoms with Crippen LogP contribution in [0.25, 0.3) is 0 Å². The number of ether oxygens (including phenoxy) is 1. The second-order valence-electron chi connectivity index (χ2n) is 7.36. The van der Waals surface area contributed by atoms with Crippen LogP contribution in [0.4, 0.5) is 0 Å². The first kappa shape index (κ1) is 21.3. The molecule has 0 bridgehead atoms. The summed E-state index contributed by atoms with van der Waals surface area (Å²) in [5, 5.41) is 6.86. The molecule has 2 N–H and O–H groups in total. The molecule has 2 fully saturated rings. The van der Waals surface area contributed by atoms with Gasteiger partial charge < -0.3 is 20.3 Å². The summed E-state index contributed by atoms with van der Waals surface area (Å²) in [6.07, 6.45) is 3.89. The number of likely N-dealkylation sites (tertiary alicyclic amines) is 1. The third-order valence-corrected chi connectivity index (χ3v) is 4.94. The van der Waals surface area contributed by atoms with Crippen molar-refractivity contribution in [1.29, 1.82) is 0 Å². The van der Waals surface area contributed by atoms with Crippen LogP contribution in [-0.4, -0.2) is 50.7 Å². The molecular weight excluding hydrogens is 439 g/mol. The summed E-state index contributed by atoms with van der Waals surface area (Å²) in [7, 11) is 2.19. The summed E-state index contributed by atoms with van der Waals surface area (Å²) >= 11 is 0. The van der Waals surface area contributed by atoms with Gasteiger partial charge in [-0.3, -0.25) is 0 Å². The fourth-order valence-electron chi connectivity index (χ4n) is 3.21. The molecule has 146 valence electrons. The number of hydrogen-bond acceptors (Lipinski definition) is 3. The Labute approximate surface area is 175 Å². The van der Waals surface area contributed by atoms with Crippen molar-refractivity contribution >= 4 is 29.9 Å². The molecule has 1 aromatic rings. The van der Waals surface area contributed by atoms with Crippen LogP contribution in [0.3, 0.4) is 0 Å². The van der Waals surface area contributed by atoms with Crippen LogP contribution in [0.15, 0.2) is 29.3 Å². The van der Waals surface area contributed by atoms with E-state index in [1.54, 1.807) is 0 Å². The first-order valence-electron chi connectivity index (χ1n) is 9.66. The molecule has 1 aromatic carbocycles. The van der Waals surface area contributed by atoms with E-state index < -0.39 is 0 Å². The third-order valence-electron chi connectivity index (χ3n) is 4.94. The van der Waals surface area contributed by atoms with Gasteiger partial charge in [0.05, 0.1) is 13.2 Å². The molecule has 5 nitrogen and oxygen atoms in total. The highest BCUT2D eigenvalue weighted by molar-refractivity contribution is 14.0. The minimum absolute atomic E-state index is 0. The zero-order valence-corrected chi connectivity index (χ0v) is 18.4. The lowest BCUT2D eigenvalue weighted by Crippen LogP contribution is -2.40. The zero-order chi connectivity index (χ0) is 17.5. The Morgan fingerprint density at radius 3 is 2.69 bits per heavy atom. The molecule has 1 unspecified atom stereocenters. The predicted octanol–water partition coefficient (Wildman–Crippen LogP) is 3.10. The van der Waals surface area contributed by atoms with Crippen LogP contribution >= 0.6 is 24.0 Å². The normalized spacial score (nSPS) is 20.5. The fourth-order valence-corrected chi connectivity index (χ4v) is 3.21. The average molecular weight is 472 g/mol. The summed E-state index contributed by atoms with van der Waals surface area (Å²) in [4.78, 5) is 7.16. The molecule has 0 amide bonds. The molecule has 1 saturated carbocycles. The lowest BCUT2D eigenvalue weighted by Gasteiger charge is -2.16. The number of halogens is 1. The third kappa shape index (κ3) is 6.95. The van der Waals surface area contributed by atoms with Gasteiger partial charge in [-0.1, -0.05) is 18.2 Å². The van der Waals surface area contributed by atoms with Crippen molar-refractivity contribution < 1.29 is 4.74 Å². The first-order chi connectivity index (χ1) is 12.2. The van der Waals surface area contributed by atoms with E-state index in [0.717, 1.165) is 42.9 Å². The molecule has 6 heteroatoms. The summed E-state index contributed by atoms with van der Waals surface area (Å²) in [5.41, 5.74) is 1.15. The Hall–Kier alpha value is -1.02. The van der Waals surface area contributed by atoms with Gasteiger partial charge in [0.1, 0.15) is 5.75 Å². The highest BCUT2D eigenvalue weighted by atomic mass is 127. The lowest BCUT2D eigenvalue weighted by molar-refractivity contribution is 0.297. The van der Waals surface area contributed by atoms with E-state index in [4.69, 9.17) is 9.73 Å². The van der Waals surface area contributed by atoms with E-state index in [0.29, 0.717) is 12.5 Å². The fraction of sp³-hybridized carbons (Fsp3) is 0.650. The van der Waals surface area contributed by atoms with Crippen LogP contribution < -0.4 is 15.4 Å². The van der Waals surface area contributed by atoms with Gasteiger partial charge in [0, 0.05) is 25.2 Å². The zero-order valence-electron chi connectivity index (χ0n) is 16.0. The van der Waals surface area contributed by atoms with E-state index in [9.17, 15) is 0 Å². The second kappa shape index (κ2) is 11.0. The highest BCUT2D eigenvalue weighted by Gasteiger charge is 2.22. The molecule has 0 spiro atoms. The van der Waals surface area contributed by atoms with Gasteiger partial charge in [-0.25, -0.2) is 4.99 Å². The number of nitrogens with one attached hydrogen (secondary N) is 2. The first-order valence-corrected chi connectivity index (χ1v) is 9.66. The molecular formula is C20H33IN4O. The number of benzene rings is 1. The van der Waals surface area contributed by atoms with Crippen molar-refractivity contribution in [2.24, 2.45) is 16.8 Å². The minimum Gasteiger partial charge on any atom is -0.493 e. The monoisotopic (exact) mass is 472 g/mol. The summed E-state index contributed by atoms with van der Waals surface area (Å²) in [6.45, 7) is 7.81. The van der Waals surface area contributed by atoms with Crippen LogP contribution in [0.1, 0.15) is 31.7 Å². The average Bonchev–Trinajstić information content (AvgIpc) is 3.36. The number of aliphatic imine (C=N–C) groups is 1. The molecule has 3 rings (SSSR count). The molecule has 0 aromatic heterocycles. The van der Waals surface area contributed by atoms with Crippen LogP contribution in [0, 0.1) is 11.8 Å². The van der Waals surface area contributed by atoms with Gasteiger partial charge in [-0.2, -0.15) is 0 Å². The van der Waals surface area contributed by atoms with Crippen molar-refractivity contribution in [2.45, 2.75) is 32.7 Å². The van der Waals surface area contributed by atoms with Crippen molar-refractivity contribution in [3.8, 4) is 5.75 Å². The molecule has 1 aliphatic carbocycles. The molecule has 0 radical (unpaired) electrons. The Kier molecular flexibility index (Phi) is 8.98. The minimum atomic E-state index is 0. The van der Waals surface area contributed by atoms with E-state index in [-0.39, 0.29) is 24.0 Å². The Balaban J connectivity index is 0.00000243. The van der Waals surface area contributed by atoms with Crippen molar-refractivity contribution in [3.63, 3.8) is 0 Å². The van der Waals surface area contributed by atoms with Gasteiger partial charge in [-0.15, -0.1) is 24.0 Å². The number of nitrogens with zero attached hydrogens (tertiary/aromatic N) is 2. The summed E-state index contributed by atoms with van der Waals surface area (Å²) < 4.78 is 5.99. The predicted molar refractivity (Wildman–Crippen MR) is 118 cm³/mol. The van der Waals surface area contributed by atoms with Crippen molar-refractivity contribution in [3.05, 3.63) is 29.8 Å². The standard InChI is InChI=1S/C20H32N4O.HI/c1-3-21-20(22-12-17-10-11-24(2)14-17)23-13-18-6-4-5-7-19(18)25-15-16-8-9-16;/h4-7,16-17H,3,8-15H2,1-2H3,(H2,21,22,23);1H. The maximum absolute atomic E-state index is 5.99. The van der Waals surface area contributed by atoms with Crippen LogP contribution in [-0.2, 0) is 6.54 Å². The Bertz CT molecular complexity index is 577. The topological polar surface area (TPSA) is 48.9 Å². The number of hydrogen-bond donors (Lipinski definition) is 2. The summed E-state index contributed by atoms with van der Waals surface area (Å²) in [6, 6.07) is 8.27. The van der Waals surface area contributed by atoms with E-state index in [1.165, 1.54) is 32.4 Å². The van der Waals surface area contributed by atoms with Crippen molar-refractivity contribution in [1.82, 2.24) is 15.5 Å². The van der Waals surface area contributed by atoms with Gasteiger partial charge in [0.25, 0.3) is 0 Å². The maximum Gasteiger partial charge on any atom is 0.191 e. The lowest BCUT2D eigenvalue weighted by atomic mass is 10.1. The quantitative estimate of drug-likeness (QED) is 0.347. The molecule has 1 saturated heterocycles. The number of para-hydroxylation sites is 1. The molecule has 1 heterocycles. The number of rotatable bonds is 8. The Morgan fingerprint density at radius 2 is 2.00 bits per heavy atom. The van der Waals surface area contributed by atoms with E-state index in [2.05, 4.69) is 47.7 Å². The molecule has 1 atom stereocenters.